The van der Waals surface area contributed by atoms with E-state index in [2.05, 4.69) is 37.2 Å². The van der Waals surface area contributed by atoms with Gasteiger partial charge in [0, 0.05) is 20.9 Å². The molecule has 24 heavy (non-hydrogen) atoms. The summed E-state index contributed by atoms with van der Waals surface area (Å²) in [6, 6.07) is 11.1. The van der Waals surface area contributed by atoms with Crippen molar-refractivity contribution in [3.63, 3.8) is 0 Å². The monoisotopic (exact) mass is 455 g/mol. The molecule has 0 aliphatic rings. The SMILES string of the molecule is COc1cccc(C[C@H](NC(=O)c2cc(Br)cc(Br)c2)C(=O)O)c1. The maximum Gasteiger partial charge on any atom is 0.326 e. The topological polar surface area (TPSA) is 75.6 Å². The number of carboxylic acid groups (broad SMARTS) is 1. The third-order valence-electron chi connectivity index (χ3n) is 3.30. The molecule has 1 atom stereocenters. The molecule has 0 aliphatic carbocycles. The Morgan fingerprint density at radius 2 is 1.83 bits per heavy atom. The number of hydrogen-bond acceptors (Lipinski definition) is 3. The molecule has 2 N–H and O–H groups in total. The zero-order valence-electron chi connectivity index (χ0n) is 12.8. The molecule has 0 saturated carbocycles. The van der Waals surface area contributed by atoms with Crippen molar-refractivity contribution in [1.29, 1.82) is 0 Å². The molecule has 0 aromatic heterocycles. The van der Waals surface area contributed by atoms with Crippen molar-refractivity contribution in [3.8, 4) is 5.75 Å². The first kappa shape index (κ1) is 18.5. The number of carbonyl (C=O) groups excluding carboxylic acids is 1. The fourth-order valence-electron chi connectivity index (χ4n) is 2.16. The Kier molecular flexibility index (Phi) is 6.39. The Hall–Kier alpha value is -1.86. The van der Waals surface area contributed by atoms with Crippen molar-refractivity contribution in [3.05, 3.63) is 62.5 Å². The average Bonchev–Trinajstić information content (AvgIpc) is 2.53. The second-order valence-electron chi connectivity index (χ2n) is 5.08. The van der Waals surface area contributed by atoms with Crippen LogP contribution in [0.4, 0.5) is 0 Å². The highest BCUT2D eigenvalue weighted by Crippen LogP contribution is 2.20. The molecule has 0 fully saturated rings. The number of ether oxygens (including phenoxy) is 1. The van der Waals surface area contributed by atoms with E-state index < -0.39 is 17.9 Å². The zero-order chi connectivity index (χ0) is 17.7. The van der Waals surface area contributed by atoms with Gasteiger partial charge in [0.25, 0.3) is 5.91 Å². The Labute approximate surface area is 156 Å². The van der Waals surface area contributed by atoms with Crippen molar-refractivity contribution < 1.29 is 19.4 Å². The number of nitrogens with one attached hydrogen (secondary N) is 1. The zero-order valence-corrected chi connectivity index (χ0v) is 15.9. The highest BCUT2D eigenvalue weighted by Gasteiger charge is 2.21. The molecule has 0 aliphatic heterocycles. The lowest BCUT2D eigenvalue weighted by molar-refractivity contribution is -0.139. The molecule has 2 rings (SSSR count). The molecule has 2 aromatic rings. The number of carboxylic acids is 1. The summed E-state index contributed by atoms with van der Waals surface area (Å²) in [5.41, 5.74) is 1.13. The van der Waals surface area contributed by atoms with Crippen LogP contribution in [0.1, 0.15) is 15.9 Å². The van der Waals surface area contributed by atoms with Gasteiger partial charge in [0.15, 0.2) is 0 Å². The highest BCUT2D eigenvalue weighted by molar-refractivity contribution is 9.11. The molecule has 126 valence electrons. The summed E-state index contributed by atoms with van der Waals surface area (Å²) in [5.74, 6) is -0.911. The third kappa shape index (κ3) is 5.07. The summed E-state index contributed by atoms with van der Waals surface area (Å²) >= 11 is 6.61. The van der Waals surface area contributed by atoms with Crippen LogP contribution in [0.3, 0.4) is 0 Å². The van der Waals surface area contributed by atoms with Crippen LogP contribution in [0.2, 0.25) is 0 Å². The van der Waals surface area contributed by atoms with Gasteiger partial charge >= 0.3 is 5.97 Å². The van der Waals surface area contributed by atoms with Crippen molar-refractivity contribution in [2.24, 2.45) is 0 Å². The van der Waals surface area contributed by atoms with E-state index in [-0.39, 0.29) is 6.42 Å². The lowest BCUT2D eigenvalue weighted by Gasteiger charge is -2.15. The van der Waals surface area contributed by atoms with Gasteiger partial charge in [0.2, 0.25) is 0 Å². The minimum Gasteiger partial charge on any atom is -0.497 e. The normalized spacial score (nSPS) is 11.6. The van der Waals surface area contributed by atoms with Gasteiger partial charge in [-0.1, -0.05) is 44.0 Å². The van der Waals surface area contributed by atoms with E-state index in [4.69, 9.17) is 4.74 Å². The van der Waals surface area contributed by atoms with Crippen LogP contribution in [-0.2, 0) is 11.2 Å². The number of aliphatic carboxylic acids is 1. The van der Waals surface area contributed by atoms with Crippen molar-refractivity contribution in [2.75, 3.05) is 7.11 Å². The van der Waals surface area contributed by atoms with Gasteiger partial charge in [-0.2, -0.15) is 0 Å². The molecule has 0 unspecified atom stereocenters. The van der Waals surface area contributed by atoms with Crippen LogP contribution in [-0.4, -0.2) is 30.1 Å². The minimum absolute atomic E-state index is 0.160. The second-order valence-corrected chi connectivity index (χ2v) is 6.91. The Morgan fingerprint density at radius 3 is 2.42 bits per heavy atom. The molecule has 0 radical (unpaired) electrons. The first-order valence-electron chi connectivity index (χ1n) is 7.01. The summed E-state index contributed by atoms with van der Waals surface area (Å²) in [6.07, 6.45) is 0.160. The summed E-state index contributed by atoms with van der Waals surface area (Å²) < 4.78 is 6.58. The van der Waals surface area contributed by atoms with Gasteiger partial charge in [0.05, 0.1) is 7.11 Å². The smallest absolute Gasteiger partial charge is 0.326 e. The molecular formula is C17H15Br2NO4. The van der Waals surface area contributed by atoms with E-state index in [0.717, 1.165) is 14.5 Å². The number of carbonyl (C=O) groups is 2. The Balaban J connectivity index is 2.15. The Morgan fingerprint density at radius 1 is 1.17 bits per heavy atom. The van der Waals surface area contributed by atoms with Gasteiger partial charge in [-0.15, -0.1) is 0 Å². The maximum absolute atomic E-state index is 12.3. The van der Waals surface area contributed by atoms with Crippen LogP contribution >= 0.6 is 31.9 Å². The van der Waals surface area contributed by atoms with Crippen LogP contribution < -0.4 is 10.1 Å². The molecule has 0 saturated heterocycles. The van der Waals surface area contributed by atoms with Crippen molar-refractivity contribution in [2.45, 2.75) is 12.5 Å². The van der Waals surface area contributed by atoms with E-state index in [1.807, 2.05) is 0 Å². The molecule has 1 amide bonds. The predicted octanol–water partition coefficient (Wildman–Crippen LogP) is 3.65. The van der Waals surface area contributed by atoms with E-state index in [1.54, 1.807) is 49.6 Å². The largest absolute Gasteiger partial charge is 0.497 e. The number of hydrogen-bond donors (Lipinski definition) is 2. The van der Waals surface area contributed by atoms with Crippen LogP contribution in [0.25, 0.3) is 0 Å². The summed E-state index contributed by atoms with van der Waals surface area (Å²) in [6.45, 7) is 0. The van der Waals surface area contributed by atoms with Crippen LogP contribution in [0.15, 0.2) is 51.4 Å². The van der Waals surface area contributed by atoms with Crippen LogP contribution in [0, 0.1) is 0 Å². The average molecular weight is 457 g/mol. The van der Waals surface area contributed by atoms with Crippen molar-refractivity contribution >= 4 is 43.7 Å². The van der Waals surface area contributed by atoms with Gasteiger partial charge in [0.1, 0.15) is 11.8 Å². The number of rotatable bonds is 6. The molecule has 0 bridgehead atoms. The number of halogens is 2. The highest BCUT2D eigenvalue weighted by atomic mass is 79.9. The molecule has 5 nitrogen and oxygen atoms in total. The minimum atomic E-state index is -1.10. The third-order valence-corrected chi connectivity index (χ3v) is 4.22. The lowest BCUT2D eigenvalue weighted by Crippen LogP contribution is -2.42. The first-order valence-corrected chi connectivity index (χ1v) is 8.60. The van der Waals surface area contributed by atoms with E-state index in [1.165, 1.54) is 0 Å². The fraction of sp³-hybridized carbons (Fsp3) is 0.176. The van der Waals surface area contributed by atoms with Gasteiger partial charge in [-0.25, -0.2) is 4.79 Å². The standard InChI is InChI=1S/C17H15Br2NO4/c1-24-14-4-2-3-10(5-14)6-15(17(22)23)20-16(21)11-7-12(18)9-13(19)8-11/h2-5,7-9,15H,6H2,1H3,(H,20,21)(H,22,23)/t15-/m0/s1. The first-order chi connectivity index (χ1) is 11.4. The van der Waals surface area contributed by atoms with E-state index in [0.29, 0.717) is 11.3 Å². The van der Waals surface area contributed by atoms with Gasteiger partial charge in [-0.05, 0) is 35.9 Å². The number of amides is 1. The van der Waals surface area contributed by atoms with Crippen molar-refractivity contribution in [1.82, 2.24) is 5.32 Å². The van der Waals surface area contributed by atoms with E-state index in [9.17, 15) is 14.7 Å². The van der Waals surface area contributed by atoms with Gasteiger partial charge in [-0.3, -0.25) is 4.79 Å². The summed E-state index contributed by atoms with van der Waals surface area (Å²) in [4.78, 5) is 23.8. The quantitative estimate of drug-likeness (QED) is 0.695. The lowest BCUT2D eigenvalue weighted by atomic mass is 10.0. The van der Waals surface area contributed by atoms with Crippen LogP contribution in [0.5, 0.6) is 5.75 Å². The maximum atomic E-state index is 12.3. The molecule has 0 heterocycles. The molecule has 2 aromatic carbocycles. The molecular weight excluding hydrogens is 442 g/mol. The number of methoxy groups -OCH3 is 1. The number of benzene rings is 2. The van der Waals surface area contributed by atoms with Gasteiger partial charge < -0.3 is 15.2 Å². The predicted molar refractivity (Wildman–Crippen MR) is 97.4 cm³/mol. The molecule has 7 heteroatoms. The Bertz CT molecular complexity index is 744. The van der Waals surface area contributed by atoms with E-state index >= 15 is 0 Å². The second kappa shape index (κ2) is 8.30. The fourth-order valence-corrected chi connectivity index (χ4v) is 3.46. The summed E-state index contributed by atoms with van der Waals surface area (Å²) in [7, 11) is 1.54. The summed E-state index contributed by atoms with van der Waals surface area (Å²) in [5, 5.41) is 12.0. The molecule has 0 spiro atoms.